The molecule has 0 aliphatic heterocycles. The monoisotopic (exact) mass is 213 g/mol. The van der Waals surface area contributed by atoms with Crippen molar-refractivity contribution >= 4 is 5.69 Å². The summed E-state index contributed by atoms with van der Waals surface area (Å²) in [6.45, 7) is 0.807. The molecule has 0 bridgehead atoms. The molecule has 0 aromatic heterocycles. The van der Waals surface area contributed by atoms with Crippen molar-refractivity contribution in [2.75, 3.05) is 12.4 Å². The van der Waals surface area contributed by atoms with E-state index in [4.69, 9.17) is 4.74 Å². The molecule has 0 amide bonds. The van der Waals surface area contributed by atoms with E-state index in [0.29, 0.717) is 0 Å². The SMILES string of the molecule is COc1cccc(CNc2ccccc2)c1. The largest absolute Gasteiger partial charge is 0.497 e. The lowest BCUT2D eigenvalue weighted by Crippen LogP contribution is -1.99. The van der Waals surface area contributed by atoms with Gasteiger partial charge in [0.2, 0.25) is 0 Å². The third-order valence-electron chi connectivity index (χ3n) is 2.40. The minimum atomic E-state index is 0.807. The molecule has 0 aliphatic rings. The van der Waals surface area contributed by atoms with Crippen LogP contribution in [0.15, 0.2) is 54.6 Å². The number of rotatable bonds is 4. The molecule has 0 aliphatic carbocycles. The van der Waals surface area contributed by atoms with Gasteiger partial charge >= 0.3 is 0 Å². The maximum atomic E-state index is 5.18. The molecule has 2 nitrogen and oxygen atoms in total. The van der Waals surface area contributed by atoms with Crippen LogP contribution >= 0.6 is 0 Å². The van der Waals surface area contributed by atoms with Crippen LogP contribution < -0.4 is 10.1 Å². The Balaban J connectivity index is 1.99. The zero-order valence-corrected chi connectivity index (χ0v) is 9.31. The van der Waals surface area contributed by atoms with Crippen LogP contribution in [0.3, 0.4) is 0 Å². The second-order valence-corrected chi connectivity index (χ2v) is 3.57. The predicted molar refractivity (Wildman–Crippen MR) is 66.8 cm³/mol. The third kappa shape index (κ3) is 2.76. The van der Waals surface area contributed by atoms with Crippen LogP contribution in [0.5, 0.6) is 5.75 Å². The first kappa shape index (κ1) is 10.6. The molecule has 0 spiro atoms. The molecule has 0 unspecified atom stereocenters. The Bertz CT molecular complexity index is 439. The summed E-state index contributed by atoms with van der Waals surface area (Å²) >= 11 is 0. The van der Waals surface area contributed by atoms with Gasteiger partial charge in [-0.25, -0.2) is 0 Å². The van der Waals surface area contributed by atoms with Crippen LogP contribution in [0.4, 0.5) is 5.69 Å². The quantitative estimate of drug-likeness (QED) is 0.841. The Morgan fingerprint density at radius 3 is 2.56 bits per heavy atom. The number of anilines is 1. The first-order valence-corrected chi connectivity index (χ1v) is 5.30. The van der Waals surface area contributed by atoms with Crippen molar-refractivity contribution in [3.63, 3.8) is 0 Å². The van der Waals surface area contributed by atoms with Crippen molar-refractivity contribution in [1.29, 1.82) is 0 Å². The minimum absolute atomic E-state index is 0.807. The summed E-state index contributed by atoms with van der Waals surface area (Å²) in [5, 5.41) is 3.36. The summed E-state index contributed by atoms with van der Waals surface area (Å²) in [5.74, 6) is 0.896. The Morgan fingerprint density at radius 1 is 1.00 bits per heavy atom. The molecule has 0 fully saturated rings. The molecule has 82 valence electrons. The fourth-order valence-corrected chi connectivity index (χ4v) is 1.54. The van der Waals surface area contributed by atoms with Gasteiger partial charge in [0.15, 0.2) is 0 Å². The Labute approximate surface area is 95.9 Å². The first-order chi connectivity index (χ1) is 7.88. The number of para-hydroxylation sites is 1. The summed E-state index contributed by atoms with van der Waals surface area (Å²) in [4.78, 5) is 0. The molecule has 0 saturated carbocycles. The molecule has 0 heterocycles. The van der Waals surface area contributed by atoms with E-state index >= 15 is 0 Å². The van der Waals surface area contributed by atoms with Crippen molar-refractivity contribution in [2.24, 2.45) is 0 Å². The van der Waals surface area contributed by atoms with Gasteiger partial charge in [-0.2, -0.15) is 0 Å². The topological polar surface area (TPSA) is 21.3 Å². The molecule has 2 aromatic carbocycles. The lowest BCUT2D eigenvalue weighted by Gasteiger charge is -2.07. The van der Waals surface area contributed by atoms with E-state index in [0.717, 1.165) is 18.0 Å². The highest BCUT2D eigenvalue weighted by atomic mass is 16.5. The second-order valence-electron chi connectivity index (χ2n) is 3.57. The number of nitrogens with one attached hydrogen (secondary N) is 1. The predicted octanol–water partition coefficient (Wildman–Crippen LogP) is 3.31. The van der Waals surface area contributed by atoms with Gasteiger partial charge < -0.3 is 10.1 Å². The van der Waals surface area contributed by atoms with Gasteiger partial charge in [-0.05, 0) is 29.8 Å². The molecule has 0 radical (unpaired) electrons. The van der Waals surface area contributed by atoms with E-state index < -0.39 is 0 Å². The van der Waals surface area contributed by atoms with Crippen LogP contribution in [0.25, 0.3) is 0 Å². The molecule has 2 aromatic rings. The average Bonchev–Trinajstić information content (AvgIpc) is 2.38. The fraction of sp³-hybridized carbons (Fsp3) is 0.143. The van der Waals surface area contributed by atoms with Crippen molar-refractivity contribution in [3.8, 4) is 5.75 Å². The normalized spacial score (nSPS) is 9.81. The fourth-order valence-electron chi connectivity index (χ4n) is 1.54. The zero-order chi connectivity index (χ0) is 11.2. The number of hydrogen-bond acceptors (Lipinski definition) is 2. The molecule has 0 saturated heterocycles. The molecule has 1 N–H and O–H groups in total. The van der Waals surface area contributed by atoms with Crippen molar-refractivity contribution in [2.45, 2.75) is 6.54 Å². The Morgan fingerprint density at radius 2 is 1.81 bits per heavy atom. The standard InChI is InChI=1S/C14H15NO/c1-16-14-9-5-6-12(10-14)11-15-13-7-3-2-4-8-13/h2-10,15H,11H2,1H3. The van der Waals surface area contributed by atoms with Crippen molar-refractivity contribution in [3.05, 3.63) is 60.2 Å². The van der Waals surface area contributed by atoms with Crippen LogP contribution in [-0.2, 0) is 6.54 Å². The van der Waals surface area contributed by atoms with E-state index in [2.05, 4.69) is 23.5 Å². The van der Waals surface area contributed by atoms with E-state index in [9.17, 15) is 0 Å². The summed E-state index contributed by atoms with van der Waals surface area (Å²) in [7, 11) is 1.68. The Kier molecular flexibility index (Phi) is 3.44. The van der Waals surface area contributed by atoms with Gasteiger partial charge in [0.05, 0.1) is 7.11 Å². The highest BCUT2D eigenvalue weighted by Gasteiger charge is 1.95. The van der Waals surface area contributed by atoms with E-state index in [1.807, 2.05) is 36.4 Å². The van der Waals surface area contributed by atoms with Gasteiger partial charge in [0.25, 0.3) is 0 Å². The highest BCUT2D eigenvalue weighted by molar-refractivity contribution is 5.43. The second kappa shape index (κ2) is 5.21. The molecular weight excluding hydrogens is 198 g/mol. The zero-order valence-electron chi connectivity index (χ0n) is 9.31. The minimum Gasteiger partial charge on any atom is -0.497 e. The van der Waals surface area contributed by atoms with Gasteiger partial charge in [0.1, 0.15) is 5.75 Å². The maximum absolute atomic E-state index is 5.18. The third-order valence-corrected chi connectivity index (χ3v) is 2.40. The summed E-state index contributed by atoms with van der Waals surface area (Å²) in [6.07, 6.45) is 0. The average molecular weight is 213 g/mol. The number of benzene rings is 2. The van der Waals surface area contributed by atoms with Gasteiger partial charge in [-0.15, -0.1) is 0 Å². The van der Waals surface area contributed by atoms with E-state index in [1.54, 1.807) is 7.11 Å². The molecule has 16 heavy (non-hydrogen) atoms. The van der Waals surface area contributed by atoms with Crippen LogP contribution in [0.2, 0.25) is 0 Å². The van der Waals surface area contributed by atoms with Crippen LogP contribution in [0, 0.1) is 0 Å². The van der Waals surface area contributed by atoms with Crippen molar-refractivity contribution < 1.29 is 4.74 Å². The maximum Gasteiger partial charge on any atom is 0.119 e. The van der Waals surface area contributed by atoms with Crippen LogP contribution in [0.1, 0.15) is 5.56 Å². The van der Waals surface area contributed by atoms with Gasteiger partial charge in [-0.1, -0.05) is 30.3 Å². The number of methoxy groups -OCH3 is 1. The lowest BCUT2D eigenvalue weighted by molar-refractivity contribution is 0.414. The van der Waals surface area contributed by atoms with Gasteiger partial charge in [-0.3, -0.25) is 0 Å². The summed E-state index contributed by atoms with van der Waals surface area (Å²) < 4.78 is 5.18. The van der Waals surface area contributed by atoms with Crippen LogP contribution in [-0.4, -0.2) is 7.11 Å². The van der Waals surface area contributed by atoms with E-state index in [1.165, 1.54) is 5.56 Å². The lowest BCUT2D eigenvalue weighted by atomic mass is 10.2. The first-order valence-electron chi connectivity index (χ1n) is 5.30. The number of hydrogen-bond donors (Lipinski definition) is 1. The van der Waals surface area contributed by atoms with Gasteiger partial charge in [0, 0.05) is 12.2 Å². The molecule has 0 atom stereocenters. The smallest absolute Gasteiger partial charge is 0.119 e. The molecule has 2 heteroatoms. The molecule has 2 rings (SSSR count). The Hall–Kier alpha value is -1.96. The van der Waals surface area contributed by atoms with E-state index in [-0.39, 0.29) is 0 Å². The van der Waals surface area contributed by atoms with Crippen molar-refractivity contribution in [1.82, 2.24) is 0 Å². The summed E-state index contributed by atoms with van der Waals surface area (Å²) in [6, 6.07) is 18.2. The summed E-state index contributed by atoms with van der Waals surface area (Å²) in [5.41, 5.74) is 2.34. The highest BCUT2D eigenvalue weighted by Crippen LogP contribution is 2.14. The number of ether oxygens (including phenoxy) is 1. The molecular formula is C14H15NO.